The Bertz CT molecular complexity index is 456. The van der Waals surface area contributed by atoms with Crippen LogP contribution in [0.15, 0.2) is 28.8 Å². The Labute approximate surface area is 109 Å². The second-order valence-electron chi connectivity index (χ2n) is 4.35. The van der Waals surface area contributed by atoms with Crippen molar-refractivity contribution in [3.8, 4) is 0 Å². The van der Waals surface area contributed by atoms with E-state index in [2.05, 4.69) is 10.3 Å². The van der Waals surface area contributed by atoms with Gasteiger partial charge in [0.15, 0.2) is 0 Å². The minimum atomic E-state index is -2.70. The minimum absolute atomic E-state index is 0.208. The van der Waals surface area contributed by atoms with E-state index in [1.165, 1.54) is 19.1 Å². The molecule has 18 heavy (non-hydrogen) atoms. The van der Waals surface area contributed by atoms with Crippen LogP contribution in [0, 0.1) is 11.3 Å². The van der Waals surface area contributed by atoms with Crippen molar-refractivity contribution in [1.29, 1.82) is 5.41 Å². The molecule has 1 atom stereocenters. The lowest BCUT2D eigenvalue weighted by atomic mass is 10.1. The summed E-state index contributed by atoms with van der Waals surface area (Å²) in [4.78, 5) is 5.48. The molecule has 2 rings (SSSR count). The Morgan fingerprint density at radius 1 is 1.67 bits per heavy atom. The SMILES string of the molecule is CC1CN(C2=CC(Cl)=N/C(=C/C=N)N2)CC1(F)F. The molecule has 2 aliphatic rings. The maximum Gasteiger partial charge on any atom is 0.269 e. The second kappa shape index (κ2) is 4.68. The summed E-state index contributed by atoms with van der Waals surface area (Å²) in [5.74, 6) is -2.54. The van der Waals surface area contributed by atoms with Gasteiger partial charge in [0.2, 0.25) is 0 Å². The number of alkyl halides is 2. The summed E-state index contributed by atoms with van der Waals surface area (Å²) >= 11 is 5.83. The molecule has 0 aromatic rings. The lowest BCUT2D eigenvalue weighted by Crippen LogP contribution is -2.33. The van der Waals surface area contributed by atoms with Crippen LogP contribution in [-0.4, -0.2) is 35.3 Å². The Morgan fingerprint density at radius 3 is 2.94 bits per heavy atom. The maximum atomic E-state index is 13.5. The van der Waals surface area contributed by atoms with E-state index in [1.54, 1.807) is 4.90 Å². The number of aliphatic imine (C=N–C) groups is 1. The van der Waals surface area contributed by atoms with Gasteiger partial charge in [-0.1, -0.05) is 18.5 Å². The third kappa shape index (κ3) is 2.53. The van der Waals surface area contributed by atoms with Crippen molar-refractivity contribution in [2.45, 2.75) is 12.8 Å². The molecule has 7 heteroatoms. The van der Waals surface area contributed by atoms with E-state index in [0.29, 0.717) is 11.6 Å². The highest BCUT2D eigenvalue weighted by atomic mass is 35.5. The standard InChI is InChI=1S/C11H13ClF2N4/c1-7-5-18(6-11(7,13)14)10-4-8(12)16-9(17-10)2-3-15/h2-4,7,15,17H,5-6H2,1H3/b9-2-,15-3?. The first kappa shape index (κ1) is 13.0. The number of nitrogens with zero attached hydrogens (tertiary/aromatic N) is 2. The van der Waals surface area contributed by atoms with Gasteiger partial charge < -0.3 is 15.6 Å². The van der Waals surface area contributed by atoms with Crippen LogP contribution in [0.5, 0.6) is 0 Å². The first-order valence-corrected chi connectivity index (χ1v) is 5.86. The molecule has 98 valence electrons. The van der Waals surface area contributed by atoms with Crippen molar-refractivity contribution < 1.29 is 8.78 Å². The summed E-state index contributed by atoms with van der Waals surface area (Å²) in [5, 5.41) is 10.1. The largest absolute Gasteiger partial charge is 0.352 e. The molecule has 2 aliphatic heterocycles. The summed E-state index contributed by atoms with van der Waals surface area (Å²) in [6.07, 6.45) is 3.98. The topological polar surface area (TPSA) is 51.5 Å². The highest BCUT2D eigenvalue weighted by Crippen LogP contribution is 2.34. The molecule has 1 unspecified atom stereocenters. The van der Waals surface area contributed by atoms with Crippen LogP contribution in [0.3, 0.4) is 0 Å². The van der Waals surface area contributed by atoms with Gasteiger partial charge in [0, 0.05) is 24.8 Å². The van der Waals surface area contributed by atoms with E-state index in [-0.39, 0.29) is 18.3 Å². The molecule has 0 amide bonds. The monoisotopic (exact) mass is 274 g/mol. The Kier molecular flexibility index (Phi) is 3.38. The predicted molar refractivity (Wildman–Crippen MR) is 67.1 cm³/mol. The number of hydrogen-bond donors (Lipinski definition) is 2. The number of hydrogen-bond acceptors (Lipinski definition) is 4. The summed E-state index contributed by atoms with van der Waals surface area (Å²) in [5.41, 5.74) is 0. The van der Waals surface area contributed by atoms with Crippen LogP contribution in [-0.2, 0) is 0 Å². The van der Waals surface area contributed by atoms with E-state index < -0.39 is 11.8 Å². The average molecular weight is 275 g/mol. The van der Waals surface area contributed by atoms with E-state index >= 15 is 0 Å². The van der Waals surface area contributed by atoms with Crippen molar-refractivity contribution in [1.82, 2.24) is 10.2 Å². The van der Waals surface area contributed by atoms with Gasteiger partial charge >= 0.3 is 0 Å². The van der Waals surface area contributed by atoms with Gasteiger partial charge in [-0.2, -0.15) is 0 Å². The van der Waals surface area contributed by atoms with Crippen LogP contribution in [0.25, 0.3) is 0 Å². The minimum Gasteiger partial charge on any atom is -0.352 e. The average Bonchev–Trinajstić information content (AvgIpc) is 2.53. The van der Waals surface area contributed by atoms with Crippen molar-refractivity contribution in [2.75, 3.05) is 13.1 Å². The fourth-order valence-corrected chi connectivity index (χ4v) is 2.10. The zero-order valence-corrected chi connectivity index (χ0v) is 10.5. The van der Waals surface area contributed by atoms with Gasteiger partial charge in [0.05, 0.1) is 6.54 Å². The second-order valence-corrected chi connectivity index (χ2v) is 4.74. The normalized spacial score (nSPS) is 28.8. The maximum absolute atomic E-state index is 13.5. The van der Waals surface area contributed by atoms with Gasteiger partial charge in [-0.15, -0.1) is 0 Å². The summed E-state index contributed by atoms with van der Waals surface area (Å²) < 4.78 is 26.9. The highest BCUT2D eigenvalue weighted by Gasteiger charge is 2.46. The van der Waals surface area contributed by atoms with Gasteiger partial charge in [0.25, 0.3) is 5.92 Å². The third-order valence-corrected chi connectivity index (χ3v) is 3.13. The van der Waals surface area contributed by atoms with Gasteiger partial charge in [-0.25, -0.2) is 13.8 Å². The number of halogens is 3. The molecular weight excluding hydrogens is 262 g/mol. The predicted octanol–water partition coefficient (Wildman–Crippen LogP) is 2.15. The Balaban J connectivity index is 2.18. The zero-order chi connectivity index (χ0) is 13.3. The number of likely N-dealkylation sites (tertiary alicyclic amines) is 1. The van der Waals surface area contributed by atoms with Crippen LogP contribution in [0.1, 0.15) is 6.92 Å². The van der Waals surface area contributed by atoms with Crippen LogP contribution >= 0.6 is 11.6 Å². The molecule has 0 bridgehead atoms. The summed E-state index contributed by atoms with van der Waals surface area (Å²) in [6, 6.07) is 0. The molecule has 0 aromatic carbocycles. The van der Waals surface area contributed by atoms with E-state index in [0.717, 1.165) is 6.21 Å². The smallest absolute Gasteiger partial charge is 0.269 e. The molecular formula is C11H13ClF2N4. The molecule has 2 N–H and O–H groups in total. The number of rotatable bonds is 2. The zero-order valence-electron chi connectivity index (χ0n) is 9.75. The molecule has 0 spiro atoms. The Morgan fingerprint density at radius 2 is 2.39 bits per heavy atom. The Hall–Kier alpha value is -1.43. The van der Waals surface area contributed by atoms with E-state index in [1.807, 2.05) is 0 Å². The number of allylic oxidation sites excluding steroid dienone is 2. The number of nitrogens with one attached hydrogen (secondary N) is 2. The van der Waals surface area contributed by atoms with Gasteiger partial charge in [0.1, 0.15) is 16.8 Å². The summed E-state index contributed by atoms with van der Waals surface area (Å²) in [7, 11) is 0. The van der Waals surface area contributed by atoms with Crippen molar-refractivity contribution in [2.24, 2.45) is 10.9 Å². The molecule has 0 saturated carbocycles. The molecule has 0 aliphatic carbocycles. The molecule has 4 nitrogen and oxygen atoms in total. The van der Waals surface area contributed by atoms with Gasteiger partial charge in [-0.05, 0) is 6.08 Å². The van der Waals surface area contributed by atoms with E-state index in [9.17, 15) is 8.78 Å². The fourth-order valence-electron chi connectivity index (χ4n) is 1.91. The lowest BCUT2D eigenvalue weighted by Gasteiger charge is -2.25. The van der Waals surface area contributed by atoms with Crippen LogP contribution in [0.2, 0.25) is 0 Å². The van der Waals surface area contributed by atoms with E-state index in [4.69, 9.17) is 17.0 Å². The molecule has 1 saturated heterocycles. The third-order valence-electron chi connectivity index (χ3n) is 2.94. The highest BCUT2D eigenvalue weighted by molar-refractivity contribution is 6.68. The van der Waals surface area contributed by atoms with Crippen molar-refractivity contribution in [3.63, 3.8) is 0 Å². The first-order valence-electron chi connectivity index (χ1n) is 5.49. The molecule has 2 heterocycles. The van der Waals surface area contributed by atoms with Crippen LogP contribution in [0.4, 0.5) is 8.78 Å². The van der Waals surface area contributed by atoms with Crippen molar-refractivity contribution in [3.05, 3.63) is 23.8 Å². The first-order chi connectivity index (χ1) is 8.42. The molecule has 0 aromatic heterocycles. The molecule has 1 fully saturated rings. The fraction of sp³-hybridized carbons (Fsp3) is 0.455. The van der Waals surface area contributed by atoms with Crippen molar-refractivity contribution >= 4 is 23.0 Å². The summed E-state index contributed by atoms with van der Waals surface area (Å²) in [6.45, 7) is 1.44. The van der Waals surface area contributed by atoms with Crippen LogP contribution < -0.4 is 5.32 Å². The molecule has 0 radical (unpaired) electrons. The quantitative estimate of drug-likeness (QED) is 0.758. The van der Waals surface area contributed by atoms with Gasteiger partial charge in [-0.3, -0.25) is 0 Å². The lowest BCUT2D eigenvalue weighted by molar-refractivity contribution is -0.0196.